The summed E-state index contributed by atoms with van der Waals surface area (Å²) < 4.78 is 32.9. The minimum atomic E-state index is -3.39. The van der Waals surface area contributed by atoms with Crippen LogP contribution in [0.2, 0.25) is 0 Å². The van der Waals surface area contributed by atoms with E-state index in [9.17, 15) is 23.3 Å². The van der Waals surface area contributed by atoms with E-state index in [1.807, 2.05) is 0 Å². The van der Waals surface area contributed by atoms with Crippen LogP contribution in [0.1, 0.15) is 12.0 Å². The first-order valence-electron chi connectivity index (χ1n) is 6.93. The van der Waals surface area contributed by atoms with Gasteiger partial charge >= 0.3 is 5.97 Å². The van der Waals surface area contributed by atoms with E-state index in [1.165, 1.54) is 13.2 Å². The third-order valence-corrected chi connectivity index (χ3v) is 4.70. The molecule has 0 amide bonds. The fourth-order valence-corrected chi connectivity index (χ4v) is 2.87. The molecule has 0 heterocycles. The number of rotatable bonds is 10. The Morgan fingerprint density at radius 2 is 1.91 bits per heavy atom. The molecule has 0 N–H and O–H groups in total. The molecule has 23 heavy (non-hydrogen) atoms. The first-order chi connectivity index (χ1) is 10.9. The normalized spacial score (nSPS) is 11.2. The average Bonchev–Trinajstić information content (AvgIpc) is 2.52. The minimum Gasteiger partial charge on any atom is -0.469 e. The lowest BCUT2D eigenvalue weighted by atomic mass is 10.1. The molecule has 0 aliphatic rings. The van der Waals surface area contributed by atoms with Crippen LogP contribution < -0.4 is 0 Å². The summed E-state index contributed by atoms with van der Waals surface area (Å²) in [5.74, 6) is -1.07. The van der Waals surface area contributed by atoms with E-state index in [0.29, 0.717) is 12.0 Å². The number of hydrogen-bond donors (Lipinski definition) is 0. The van der Waals surface area contributed by atoms with Gasteiger partial charge in [-0.1, -0.05) is 18.2 Å². The van der Waals surface area contributed by atoms with Gasteiger partial charge in [0.2, 0.25) is 0 Å². The Bertz CT molecular complexity index is 642. The number of nitro benzene ring substituents is 1. The van der Waals surface area contributed by atoms with Crippen molar-refractivity contribution in [3.05, 3.63) is 39.9 Å². The summed E-state index contributed by atoms with van der Waals surface area (Å²) in [6.07, 6.45) is 0.133. The van der Waals surface area contributed by atoms with Crippen molar-refractivity contribution >= 4 is 21.5 Å². The molecule has 1 aromatic rings. The number of hydrogen-bond acceptors (Lipinski definition) is 7. The highest BCUT2D eigenvalue weighted by atomic mass is 32.2. The Morgan fingerprint density at radius 3 is 2.57 bits per heavy atom. The minimum absolute atomic E-state index is 0.0156. The number of nitrogens with zero attached hydrogens (tertiary/aromatic N) is 1. The molecule has 1 rings (SSSR count). The maximum atomic E-state index is 11.7. The molecule has 1 aromatic carbocycles. The van der Waals surface area contributed by atoms with Crippen molar-refractivity contribution in [1.82, 2.24) is 0 Å². The molecule has 128 valence electrons. The summed E-state index contributed by atoms with van der Waals surface area (Å²) in [5, 5.41) is 10.8. The predicted octanol–water partition coefficient (Wildman–Crippen LogP) is 1.13. The number of sulfone groups is 1. The molecule has 0 atom stereocenters. The third-order valence-electron chi connectivity index (χ3n) is 3.09. The lowest BCUT2D eigenvalue weighted by Gasteiger charge is -2.06. The van der Waals surface area contributed by atoms with E-state index >= 15 is 0 Å². The Kier molecular flexibility index (Phi) is 7.63. The van der Waals surface area contributed by atoms with Crippen molar-refractivity contribution in [3.63, 3.8) is 0 Å². The van der Waals surface area contributed by atoms with Gasteiger partial charge in [-0.3, -0.25) is 14.9 Å². The van der Waals surface area contributed by atoms with Gasteiger partial charge in [0.05, 0.1) is 43.2 Å². The Labute approximate surface area is 134 Å². The summed E-state index contributed by atoms with van der Waals surface area (Å²) in [6, 6.07) is 6.32. The van der Waals surface area contributed by atoms with Gasteiger partial charge in [0.15, 0.2) is 9.84 Å². The molecule has 0 aromatic heterocycles. The number of carbonyl (C=O) groups is 1. The Morgan fingerprint density at radius 1 is 1.22 bits per heavy atom. The molecule has 0 saturated carbocycles. The van der Waals surface area contributed by atoms with Crippen LogP contribution in [-0.2, 0) is 30.5 Å². The molecule has 0 saturated heterocycles. The lowest BCUT2D eigenvalue weighted by Crippen LogP contribution is -2.19. The van der Waals surface area contributed by atoms with Crippen LogP contribution in [-0.4, -0.2) is 51.1 Å². The van der Waals surface area contributed by atoms with Gasteiger partial charge in [-0.2, -0.15) is 0 Å². The summed E-state index contributed by atoms with van der Waals surface area (Å²) in [4.78, 5) is 21.3. The fourth-order valence-electron chi connectivity index (χ4n) is 1.81. The van der Waals surface area contributed by atoms with Crippen molar-refractivity contribution in [3.8, 4) is 0 Å². The second kappa shape index (κ2) is 9.21. The maximum absolute atomic E-state index is 11.7. The monoisotopic (exact) mass is 345 g/mol. The number of para-hydroxylation sites is 1. The third kappa shape index (κ3) is 7.20. The first kappa shape index (κ1) is 19.0. The zero-order valence-electron chi connectivity index (χ0n) is 12.8. The molecule has 0 aliphatic heterocycles. The molecule has 0 bridgehead atoms. The summed E-state index contributed by atoms with van der Waals surface area (Å²) >= 11 is 0. The highest BCUT2D eigenvalue weighted by molar-refractivity contribution is 7.91. The second-order valence-electron chi connectivity index (χ2n) is 4.73. The summed E-state index contributed by atoms with van der Waals surface area (Å²) in [7, 11) is -2.19. The molecule has 0 unspecified atom stereocenters. The molecule has 9 heteroatoms. The van der Waals surface area contributed by atoms with Crippen molar-refractivity contribution in [2.45, 2.75) is 12.8 Å². The van der Waals surface area contributed by atoms with E-state index in [0.717, 1.165) is 0 Å². The molecule has 8 nitrogen and oxygen atoms in total. The predicted molar refractivity (Wildman–Crippen MR) is 82.9 cm³/mol. The van der Waals surface area contributed by atoms with Crippen molar-refractivity contribution in [1.29, 1.82) is 0 Å². The SMILES string of the molecule is COC(=O)CCS(=O)(=O)CCOCCc1ccccc1[N+](=O)[O-]. The lowest BCUT2D eigenvalue weighted by molar-refractivity contribution is -0.385. The van der Waals surface area contributed by atoms with Gasteiger partial charge in [-0.05, 0) is 0 Å². The zero-order valence-corrected chi connectivity index (χ0v) is 13.6. The van der Waals surface area contributed by atoms with E-state index in [1.54, 1.807) is 18.2 Å². The quantitative estimate of drug-likeness (QED) is 0.270. The second-order valence-corrected chi connectivity index (χ2v) is 7.03. The van der Waals surface area contributed by atoms with Gasteiger partial charge < -0.3 is 9.47 Å². The fraction of sp³-hybridized carbons (Fsp3) is 0.500. The van der Waals surface area contributed by atoms with Crippen LogP contribution in [0.4, 0.5) is 5.69 Å². The molecule has 0 spiro atoms. The van der Waals surface area contributed by atoms with Crippen LogP contribution in [0.5, 0.6) is 0 Å². The van der Waals surface area contributed by atoms with E-state index in [4.69, 9.17) is 4.74 Å². The van der Waals surface area contributed by atoms with Crippen molar-refractivity contribution in [2.75, 3.05) is 31.8 Å². The van der Waals surface area contributed by atoms with E-state index in [-0.39, 0.29) is 36.8 Å². The topological polar surface area (TPSA) is 113 Å². The van der Waals surface area contributed by atoms with Gasteiger partial charge in [0.1, 0.15) is 0 Å². The van der Waals surface area contributed by atoms with Crippen molar-refractivity contribution < 1.29 is 27.6 Å². The van der Waals surface area contributed by atoms with Crippen LogP contribution in [0.15, 0.2) is 24.3 Å². The van der Waals surface area contributed by atoms with Crippen LogP contribution in [0.3, 0.4) is 0 Å². The van der Waals surface area contributed by atoms with Gasteiger partial charge in [-0.25, -0.2) is 8.42 Å². The van der Waals surface area contributed by atoms with Gasteiger partial charge in [0, 0.05) is 18.1 Å². The van der Waals surface area contributed by atoms with Crippen LogP contribution in [0, 0.1) is 10.1 Å². The van der Waals surface area contributed by atoms with Gasteiger partial charge in [0.25, 0.3) is 5.69 Å². The van der Waals surface area contributed by atoms with Crippen LogP contribution >= 0.6 is 0 Å². The van der Waals surface area contributed by atoms with Crippen molar-refractivity contribution in [2.24, 2.45) is 0 Å². The first-order valence-corrected chi connectivity index (χ1v) is 8.75. The van der Waals surface area contributed by atoms with E-state index < -0.39 is 20.7 Å². The zero-order chi connectivity index (χ0) is 17.3. The molecule has 0 radical (unpaired) electrons. The summed E-state index contributed by atoms with van der Waals surface area (Å²) in [6.45, 7) is 0.154. The number of ether oxygens (including phenoxy) is 2. The standard InChI is InChI=1S/C14H19NO7S/c1-21-14(16)7-10-23(19,20)11-9-22-8-6-12-4-2-3-5-13(12)15(17)18/h2-5H,6-11H2,1H3. The van der Waals surface area contributed by atoms with Gasteiger partial charge in [-0.15, -0.1) is 0 Å². The number of esters is 1. The molecular weight excluding hydrogens is 326 g/mol. The smallest absolute Gasteiger partial charge is 0.306 e. The Balaban J connectivity index is 2.33. The highest BCUT2D eigenvalue weighted by Gasteiger charge is 2.15. The number of nitro groups is 1. The highest BCUT2D eigenvalue weighted by Crippen LogP contribution is 2.17. The maximum Gasteiger partial charge on any atom is 0.306 e. The summed E-state index contributed by atoms with van der Waals surface area (Å²) in [5.41, 5.74) is 0.549. The molecule has 0 aliphatic carbocycles. The molecule has 0 fully saturated rings. The van der Waals surface area contributed by atoms with E-state index in [2.05, 4.69) is 4.74 Å². The average molecular weight is 345 g/mol. The van der Waals surface area contributed by atoms with Crippen LogP contribution in [0.25, 0.3) is 0 Å². The number of methoxy groups -OCH3 is 1. The Hall–Kier alpha value is -2.00. The molecular formula is C14H19NO7S. The number of carbonyl (C=O) groups excluding carboxylic acids is 1. The largest absolute Gasteiger partial charge is 0.469 e. The number of benzene rings is 1.